The molecule has 0 saturated carbocycles. The van der Waals surface area contributed by atoms with Crippen LogP contribution in [0.2, 0.25) is 0 Å². The standard InChI is InChI=1S/C24H24FNO4/c25-18-3-1-16(2-4-18)22-20-6-5-19(27)11-21(20)24(30-14-15-12-29-13-15)26-23(22)17-7-9-28-10-8-17/h1-6,11,15,17,27H,7-10,12-14H2. The monoisotopic (exact) mass is 409 g/mol. The molecule has 0 radical (unpaired) electrons. The summed E-state index contributed by atoms with van der Waals surface area (Å²) in [6, 6.07) is 11.8. The van der Waals surface area contributed by atoms with Crippen molar-refractivity contribution in [1.82, 2.24) is 4.98 Å². The maximum Gasteiger partial charge on any atom is 0.221 e. The molecule has 1 N–H and O–H groups in total. The van der Waals surface area contributed by atoms with Crippen molar-refractivity contribution in [2.45, 2.75) is 18.8 Å². The molecular weight excluding hydrogens is 385 g/mol. The molecule has 0 bridgehead atoms. The van der Waals surface area contributed by atoms with Crippen LogP contribution in [-0.2, 0) is 9.47 Å². The number of hydrogen-bond acceptors (Lipinski definition) is 5. The van der Waals surface area contributed by atoms with Gasteiger partial charge in [-0.1, -0.05) is 12.1 Å². The smallest absolute Gasteiger partial charge is 0.221 e. The van der Waals surface area contributed by atoms with Crippen molar-refractivity contribution in [1.29, 1.82) is 0 Å². The Kier molecular flexibility index (Phi) is 5.27. The van der Waals surface area contributed by atoms with Crippen LogP contribution in [-0.4, -0.2) is 43.1 Å². The topological polar surface area (TPSA) is 60.8 Å². The third-order valence-corrected chi connectivity index (χ3v) is 5.88. The van der Waals surface area contributed by atoms with Crippen LogP contribution in [0.1, 0.15) is 24.5 Å². The van der Waals surface area contributed by atoms with Crippen molar-refractivity contribution in [2.24, 2.45) is 5.92 Å². The van der Waals surface area contributed by atoms with Gasteiger partial charge in [0.15, 0.2) is 0 Å². The fraction of sp³-hybridized carbons (Fsp3) is 0.375. The summed E-state index contributed by atoms with van der Waals surface area (Å²) in [5, 5.41) is 11.8. The second-order valence-electron chi connectivity index (χ2n) is 8.02. The van der Waals surface area contributed by atoms with Crippen LogP contribution in [0.5, 0.6) is 11.6 Å². The maximum atomic E-state index is 13.6. The molecule has 1 aromatic heterocycles. The molecule has 2 aromatic carbocycles. The molecule has 2 saturated heterocycles. The number of fused-ring (bicyclic) bond motifs is 1. The average molecular weight is 409 g/mol. The minimum atomic E-state index is -0.274. The van der Waals surface area contributed by atoms with E-state index in [9.17, 15) is 9.50 Å². The van der Waals surface area contributed by atoms with Gasteiger partial charge in [-0.25, -0.2) is 9.37 Å². The van der Waals surface area contributed by atoms with Crippen molar-refractivity contribution in [2.75, 3.05) is 33.0 Å². The van der Waals surface area contributed by atoms with Crippen molar-refractivity contribution in [3.8, 4) is 22.8 Å². The van der Waals surface area contributed by atoms with Crippen molar-refractivity contribution in [3.05, 3.63) is 54.0 Å². The SMILES string of the molecule is Oc1ccc2c(-c3ccc(F)cc3)c(C3CCOCC3)nc(OCC3COC3)c2c1. The number of hydrogen-bond donors (Lipinski definition) is 1. The number of phenols is 1. The predicted octanol–water partition coefficient (Wildman–Crippen LogP) is 4.67. The third kappa shape index (κ3) is 3.73. The van der Waals surface area contributed by atoms with Crippen LogP contribution in [0.4, 0.5) is 4.39 Å². The highest BCUT2D eigenvalue weighted by Crippen LogP contribution is 2.42. The zero-order valence-electron chi connectivity index (χ0n) is 16.6. The van der Waals surface area contributed by atoms with E-state index in [1.165, 1.54) is 12.1 Å². The Labute approximate surface area is 174 Å². The molecular formula is C24H24FNO4. The summed E-state index contributed by atoms with van der Waals surface area (Å²) in [5.41, 5.74) is 2.82. The van der Waals surface area contributed by atoms with E-state index in [4.69, 9.17) is 19.2 Å². The average Bonchev–Trinajstić information content (AvgIpc) is 2.74. The van der Waals surface area contributed by atoms with Gasteiger partial charge < -0.3 is 19.3 Å². The molecule has 0 unspecified atom stereocenters. The van der Waals surface area contributed by atoms with Gasteiger partial charge in [0.25, 0.3) is 0 Å². The van der Waals surface area contributed by atoms with E-state index in [0.717, 1.165) is 40.4 Å². The van der Waals surface area contributed by atoms with Crippen LogP contribution in [0, 0.1) is 11.7 Å². The Bertz CT molecular complexity index is 1040. The summed E-state index contributed by atoms with van der Waals surface area (Å²) in [6.45, 7) is 3.31. The van der Waals surface area contributed by atoms with Gasteiger partial charge in [-0.05, 0) is 54.1 Å². The lowest BCUT2D eigenvalue weighted by molar-refractivity contribution is -0.0512. The fourth-order valence-electron chi connectivity index (χ4n) is 4.16. The molecule has 0 spiro atoms. The van der Waals surface area contributed by atoms with Crippen LogP contribution < -0.4 is 4.74 Å². The van der Waals surface area contributed by atoms with Gasteiger partial charge in [-0.3, -0.25) is 0 Å². The van der Waals surface area contributed by atoms with Crippen LogP contribution in [0.25, 0.3) is 21.9 Å². The van der Waals surface area contributed by atoms with E-state index in [2.05, 4.69) is 0 Å². The van der Waals surface area contributed by atoms with Gasteiger partial charge in [0.2, 0.25) is 5.88 Å². The molecule has 3 aromatic rings. The van der Waals surface area contributed by atoms with Crippen molar-refractivity contribution < 1.29 is 23.7 Å². The molecule has 3 heterocycles. The van der Waals surface area contributed by atoms with Gasteiger partial charge in [-0.2, -0.15) is 0 Å². The summed E-state index contributed by atoms with van der Waals surface area (Å²) in [4.78, 5) is 4.97. The zero-order valence-corrected chi connectivity index (χ0v) is 16.6. The lowest BCUT2D eigenvalue weighted by Crippen LogP contribution is -2.32. The van der Waals surface area contributed by atoms with Gasteiger partial charge >= 0.3 is 0 Å². The van der Waals surface area contributed by atoms with Crippen LogP contribution >= 0.6 is 0 Å². The molecule has 5 nitrogen and oxygen atoms in total. The molecule has 0 atom stereocenters. The normalized spacial score (nSPS) is 17.8. The first kappa shape index (κ1) is 19.3. The van der Waals surface area contributed by atoms with Gasteiger partial charge in [0.05, 0.1) is 25.5 Å². The number of aromatic hydroxyl groups is 1. The molecule has 2 fully saturated rings. The van der Waals surface area contributed by atoms with E-state index in [1.54, 1.807) is 24.3 Å². The number of pyridine rings is 1. The second-order valence-corrected chi connectivity index (χ2v) is 8.02. The van der Waals surface area contributed by atoms with Gasteiger partial charge in [0.1, 0.15) is 11.6 Å². The first-order chi connectivity index (χ1) is 14.7. The lowest BCUT2D eigenvalue weighted by Gasteiger charge is -2.28. The zero-order chi connectivity index (χ0) is 20.5. The van der Waals surface area contributed by atoms with Gasteiger partial charge in [0, 0.05) is 36.0 Å². The Morgan fingerprint density at radius 3 is 2.47 bits per heavy atom. The summed E-state index contributed by atoms with van der Waals surface area (Å²) in [6.07, 6.45) is 1.75. The number of nitrogens with zero attached hydrogens (tertiary/aromatic N) is 1. The van der Waals surface area contributed by atoms with Crippen LogP contribution in [0.3, 0.4) is 0 Å². The number of benzene rings is 2. The molecule has 30 heavy (non-hydrogen) atoms. The van der Waals surface area contributed by atoms with Gasteiger partial charge in [-0.15, -0.1) is 0 Å². The molecule has 0 amide bonds. The van der Waals surface area contributed by atoms with E-state index < -0.39 is 0 Å². The van der Waals surface area contributed by atoms with E-state index in [1.807, 2.05) is 6.07 Å². The lowest BCUT2D eigenvalue weighted by atomic mass is 9.87. The highest BCUT2D eigenvalue weighted by Gasteiger charge is 2.26. The quantitative estimate of drug-likeness (QED) is 0.664. The first-order valence-corrected chi connectivity index (χ1v) is 10.4. The predicted molar refractivity (Wildman–Crippen MR) is 111 cm³/mol. The Morgan fingerprint density at radius 1 is 1.00 bits per heavy atom. The summed E-state index contributed by atoms with van der Waals surface area (Å²) >= 11 is 0. The van der Waals surface area contributed by atoms with Crippen molar-refractivity contribution in [3.63, 3.8) is 0 Å². The number of halogens is 1. The number of phenolic OH excluding ortho intramolecular Hbond substituents is 1. The highest BCUT2D eigenvalue weighted by atomic mass is 19.1. The summed E-state index contributed by atoms with van der Waals surface area (Å²) < 4.78 is 30.5. The summed E-state index contributed by atoms with van der Waals surface area (Å²) in [5.74, 6) is 1.00. The minimum absolute atomic E-state index is 0.157. The highest BCUT2D eigenvalue weighted by molar-refractivity contribution is 6.01. The molecule has 2 aliphatic rings. The van der Waals surface area contributed by atoms with E-state index in [-0.39, 0.29) is 17.5 Å². The first-order valence-electron chi connectivity index (χ1n) is 10.4. The fourth-order valence-corrected chi connectivity index (χ4v) is 4.16. The molecule has 0 aliphatic carbocycles. The summed E-state index contributed by atoms with van der Waals surface area (Å²) in [7, 11) is 0. The number of aromatic nitrogens is 1. The van der Waals surface area contributed by atoms with E-state index >= 15 is 0 Å². The van der Waals surface area contributed by atoms with Crippen molar-refractivity contribution >= 4 is 10.8 Å². The minimum Gasteiger partial charge on any atom is -0.508 e. The number of rotatable bonds is 5. The maximum absolute atomic E-state index is 13.6. The third-order valence-electron chi connectivity index (χ3n) is 5.88. The second kappa shape index (κ2) is 8.20. The molecule has 2 aliphatic heterocycles. The molecule has 5 rings (SSSR count). The Balaban J connectivity index is 1.68. The largest absolute Gasteiger partial charge is 0.508 e. The van der Waals surface area contributed by atoms with Crippen LogP contribution in [0.15, 0.2) is 42.5 Å². The molecule has 6 heteroatoms. The Morgan fingerprint density at radius 2 is 1.77 bits per heavy atom. The van der Waals surface area contributed by atoms with E-state index in [0.29, 0.717) is 44.8 Å². The Hall–Kier alpha value is -2.70. The number of ether oxygens (including phenoxy) is 3. The molecule has 156 valence electrons.